The van der Waals surface area contributed by atoms with Crippen LogP contribution in [0.25, 0.3) is 0 Å². The lowest BCUT2D eigenvalue weighted by Crippen LogP contribution is -2.16. The van der Waals surface area contributed by atoms with Crippen LogP contribution in [-0.2, 0) is 6.42 Å². The van der Waals surface area contributed by atoms with Crippen molar-refractivity contribution in [3.05, 3.63) is 47.8 Å². The van der Waals surface area contributed by atoms with Crippen molar-refractivity contribution < 1.29 is 4.79 Å². The van der Waals surface area contributed by atoms with Crippen LogP contribution in [0.15, 0.2) is 36.5 Å². The maximum Gasteiger partial charge on any atom is 0.274 e. The SMILES string of the molecule is CCc1ccccc1NC(=O)c1ccnc(NC2CC2)n1. The van der Waals surface area contributed by atoms with E-state index in [1.54, 1.807) is 12.3 Å². The first kappa shape index (κ1) is 13.5. The second-order valence-corrected chi connectivity index (χ2v) is 5.15. The summed E-state index contributed by atoms with van der Waals surface area (Å²) >= 11 is 0. The number of amides is 1. The predicted octanol–water partition coefficient (Wildman–Crippen LogP) is 2.87. The first-order chi connectivity index (χ1) is 10.3. The number of carbonyl (C=O) groups excluding carboxylic acids is 1. The van der Waals surface area contributed by atoms with E-state index in [4.69, 9.17) is 0 Å². The van der Waals surface area contributed by atoms with Crippen LogP contribution in [0.3, 0.4) is 0 Å². The fourth-order valence-corrected chi connectivity index (χ4v) is 2.10. The van der Waals surface area contributed by atoms with Crippen LogP contribution in [0.2, 0.25) is 0 Å². The zero-order valence-corrected chi connectivity index (χ0v) is 12.0. The minimum Gasteiger partial charge on any atom is -0.351 e. The van der Waals surface area contributed by atoms with Gasteiger partial charge in [-0.15, -0.1) is 0 Å². The highest BCUT2D eigenvalue weighted by Gasteiger charge is 2.22. The van der Waals surface area contributed by atoms with E-state index in [1.165, 1.54) is 0 Å². The Bertz CT molecular complexity index is 652. The van der Waals surface area contributed by atoms with Gasteiger partial charge in [-0.2, -0.15) is 0 Å². The van der Waals surface area contributed by atoms with Crippen molar-refractivity contribution in [2.24, 2.45) is 0 Å². The van der Waals surface area contributed by atoms with Crippen LogP contribution in [-0.4, -0.2) is 21.9 Å². The Morgan fingerprint density at radius 1 is 1.29 bits per heavy atom. The highest BCUT2D eigenvalue weighted by atomic mass is 16.1. The number of aryl methyl sites for hydroxylation is 1. The van der Waals surface area contributed by atoms with Gasteiger partial charge in [0.25, 0.3) is 5.91 Å². The Morgan fingerprint density at radius 2 is 2.10 bits per heavy atom. The molecule has 21 heavy (non-hydrogen) atoms. The van der Waals surface area contributed by atoms with Crippen molar-refractivity contribution in [3.8, 4) is 0 Å². The molecule has 0 spiro atoms. The lowest BCUT2D eigenvalue weighted by Gasteiger charge is -2.10. The van der Waals surface area contributed by atoms with Gasteiger partial charge in [-0.1, -0.05) is 25.1 Å². The summed E-state index contributed by atoms with van der Waals surface area (Å²) in [5.74, 6) is 0.311. The lowest BCUT2D eigenvalue weighted by atomic mass is 10.1. The van der Waals surface area contributed by atoms with E-state index in [1.807, 2.05) is 24.3 Å². The van der Waals surface area contributed by atoms with Gasteiger partial charge in [-0.25, -0.2) is 9.97 Å². The standard InChI is InChI=1S/C16H18N4O/c1-2-11-5-3-4-6-13(11)19-15(21)14-9-10-17-16(20-14)18-12-7-8-12/h3-6,9-10,12H,2,7-8H2,1H3,(H,19,21)(H,17,18,20). The first-order valence-corrected chi connectivity index (χ1v) is 7.25. The molecule has 1 aromatic heterocycles. The molecule has 1 heterocycles. The molecule has 0 atom stereocenters. The predicted molar refractivity (Wildman–Crippen MR) is 82.4 cm³/mol. The van der Waals surface area contributed by atoms with Gasteiger partial charge in [0.2, 0.25) is 5.95 Å². The van der Waals surface area contributed by atoms with Gasteiger partial charge in [-0.05, 0) is 37.0 Å². The molecule has 3 rings (SSSR count). The summed E-state index contributed by atoms with van der Waals surface area (Å²) in [6.45, 7) is 2.06. The number of carbonyl (C=O) groups is 1. The number of benzene rings is 1. The van der Waals surface area contributed by atoms with Crippen molar-refractivity contribution in [1.82, 2.24) is 9.97 Å². The summed E-state index contributed by atoms with van der Waals surface area (Å²) in [6.07, 6.45) is 4.76. The van der Waals surface area contributed by atoms with Gasteiger partial charge in [0, 0.05) is 17.9 Å². The summed E-state index contributed by atoms with van der Waals surface area (Å²) < 4.78 is 0. The Balaban J connectivity index is 1.75. The quantitative estimate of drug-likeness (QED) is 0.885. The molecule has 1 aromatic carbocycles. The van der Waals surface area contributed by atoms with E-state index in [9.17, 15) is 4.79 Å². The number of nitrogens with zero attached hydrogens (tertiary/aromatic N) is 2. The molecular formula is C16H18N4O. The molecule has 2 aromatic rings. The van der Waals surface area contributed by atoms with Crippen molar-refractivity contribution in [3.63, 3.8) is 0 Å². The minimum absolute atomic E-state index is 0.211. The van der Waals surface area contributed by atoms with Crippen molar-refractivity contribution >= 4 is 17.5 Å². The van der Waals surface area contributed by atoms with Gasteiger partial charge in [0.05, 0.1) is 0 Å². The number of aromatic nitrogens is 2. The summed E-state index contributed by atoms with van der Waals surface area (Å²) in [5.41, 5.74) is 2.32. The van der Waals surface area contributed by atoms with Crippen molar-refractivity contribution in [1.29, 1.82) is 0 Å². The van der Waals surface area contributed by atoms with Crippen LogP contribution in [0.4, 0.5) is 11.6 Å². The molecule has 0 bridgehead atoms. The normalized spacial score (nSPS) is 13.8. The molecule has 1 aliphatic carbocycles. The molecule has 1 aliphatic rings. The van der Waals surface area contributed by atoms with Crippen LogP contribution >= 0.6 is 0 Å². The average molecular weight is 282 g/mol. The lowest BCUT2D eigenvalue weighted by molar-refractivity contribution is 0.102. The fraction of sp³-hybridized carbons (Fsp3) is 0.312. The van der Waals surface area contributed by atoms with E-state index < -0.39 is 0 Å². The van der Waals surface area contributed by atoms with E-state index in [2.05, 4.69) is 27.5 Å². The van der Waals surface area contributed by atoms with Crippen LogP contribution in [0.1, 0.15) is 35.8 Å². The molecule has 0 aliphatic heterocycles. The zero-order valence-electron chi connectivity index (χ0n) is 12.0. The molecule has 0 radical (unpaired) electrons. The third kappa shape index (κ3) is 3.37. The number of hydrogen-bond donors (Lipinski definition) is 2. The molecule has 0 saturated heterocycles. The second kappa shape index (κ2) is 5.91. The molecule has 1 fully saturated rings. The summed E-state index contributed by atoms with van der Waals surface area (Å²) in [6, 6.07) is 9.88. The molecule has 0 unspecified atom stereocenters. The van der Waals surface area contributed by atoms with Gasteiger partial charge in [0.1, 0.15) is 5.69 Å². The molecule has 5 nitrogen and oxygen atoms in total. The fourth-order valence-electron chi connectivity index (χ4n) is 2.10. The Labute approximate surface area is 123 Å². The van der Waals surface area contributed by atoms with E-state index in [-0.39, 0.29) is 5.91 Å². The van der Waals surface area contributed by atoms with E-state index >= 15 is 0 Å². The molecule has 2 N–H and O–H groups in total. The van der Waals surface area contributed by atoms with Gasteiger partial charge >= 0.3 is 0 Å². The summed E-state index contributed by atoms with van der Waals surface area (Å²) in [4.78, 5) is 20.7. The highest BCUT2D eigenvalue weighted by molar-refractivity contribution is 6.03. The molecular weight excluding hydrogens is 264 g/mol. The van der Waals surface area contributed by atoms with Gasteiger partial charge in [-0.3, -0.25) is 4.79 Å². The zero-order chi connectivity index (χ0) is 14.7. The van der Waals surface area contributed by atoms with Gasteiger partial charge < -0.3 is 10.6 Å². The van der Waals surface area contributed by atoms with Crippen molar-refractivity contribution in [2.75, 3.05) is 10.6 Å². The Kier molecular flexibility index (Phi) is 3.81. The van der Waals surface area contributed by atoms with Gasteiger partial charge in [0.15, 0.2) is 0 Å². The average Bonchev–Trinajstić information content (AvgIpc) is 3.32. The minimum atomic E-state index is -0.211. The maximum absolute atomic E-state index is 12.3. The Hall–Kier alpha value is -2.43. The number of hydrogen-bond acceptors (Lipinski definition) is 4. The second-order valence-electron chi connectivity index (χ2n) is 5.15. The molecule has 1 amide bonds. The van der Waals surface area contributed by atoms with Crippen molar-refractivity contribution in [2.45, 2.75) is 32.2 Å². The third-order valence-corrected chi connectivity index (χ3v) is 3.45. The van der Waals surface area contributed by atoms with Crippen LogP contribution < -0.4 is 10.6 Å². The maximum atomic E-state index is 12.3. The molecule has 1 saturated carbocycles. The molecule has 108 valence electrons. The Morgan fingerprint density at radius 3 is 2.86 bits per heavy atom. The topological polar surface area (TPSA) is 66.9 Å². The molecule has 5 heteroatoms. The monoisotopic (exact) mass is 282 g/mol. The van der Waals surface area contributed by atoms with E-state index in [0.29, 0.717) is 17.7 Å². The summed E-state index contributed by atoms with van der Waals surface area (Å²) in [7, 11) is 0. The van der Waals surface area contributed by atoms with E-state index in [0.717, 1.165) is 30.5 Å². The summed E-state index contributed by atoms with van der Waals surface area (Å²) in [5, 5.41) is 6.11. The smallest absolute Gasteiger partial charge is 0.274 e. The van der Waals surface area contributed by atoms with Crippen LogP contribution in [0.5, 0.6) is 0 Å². The largest absolute Gasteiger partial charge is 0.351 e. The first-order valence-electron chi connectivity index (χ1n) is 7.25. The van der Waals surface area contributed by atoms with Crippen LogP contribution in [0, 0.1) is 0 Å². The highest BCUT2D eigenvalue weighted by Crippen LogP contribution is 2.23. The number of nitrogens with one attached hydrogen (secondary N) is 2. The number of para-hydroxylation sites is 1. The number of rotatable bonds is 5. The third-order valence-electron chi connectivity index (χ3n) is 3.45. The number of anilines is 2.